The molecule has 4 rings (SSSR count). The summed E-state index contributed by atoms with van der Waals surface area (Å²) in [4.78, 5) is 37.1. The summed E-state index contributed by atoms with van der Waals surface area (Å²) in [6.07, 6.45) is 1.48. The first-order valence-electron chi connectivity index (χ1n) is 9.52. The van der Waals surface area contributed by atoms with E-state index in [-0.39, 0.29) is 25.4 Å². The Kier molecular flexibility index (Phi) is 6.37. The molecule has 0 atom stereocenters. The van der Waals surface area contributed by atoms with Crippen LogP contribution in [0.3, 0.4) is 0 Å². The molecule has 2 heterocycles. The van der Waals surface area contributed by atoms with Crippen LogP contribution in [0.4, 0.5) is 0 Å². The van der Waals surface area contributed by atoms with Gasteiger partial charge in [0.2, 0.25) is 0 Å². The minimum atomic E-state index is -1.08. The summed E-state index contributed by atoms with van der Waals surface area (Å²) in [5.41, 5.74) is 4.11. The molecular formula is C23H15ClN2O5S2. The number of thioether (sulfide) groups is 1. The van der Waals surface area contributed by atoms with Gasteiger partial charge in [-0.15, -0.1) is 0 Å². The van der Waals surface area contributed by atoms with Crippen molar-refractivity contribution in [2.75, 3.05) is 0 Å². The second-order valence-electron chi connectivity index (χ2n) is 6.99. The topological polar surface area (TPSA) is 99.9 Å². The Hall–Kier alpha value is -3.40. The number of aromatic carboxylic acids is 1. The van der Waals surface area contributed by atoms with Gasteiger partial charge in [-0.2, -0.15) is 5.01 Å². The minimum absolute atomic E-state index is 0.0993. The quantitative estimate of drug-likeness (QED) is 0.370. The van der Waals surface area contributed by atoms with E-state index in [2.05, 4.69) is 5.43 Å². The number of rotatable bonds is 5. The number of nitrogens with one attached hydrogen (secondary N) is 1. The first-order valence-corrected chi connectivity index (χ1v) is 11.1. The highest BCUT2D eigenvalue weighted by atomic mass is 35.5. The van der Waals surface area contributed by atoms with E-state index in [0.717, 1.165) is 22.3 Å². The van der Waals surface area contributed by atoms with Crippen molar-refractivity contribution in [3.63, 3.8) is 0 Å². The zero-order valence-electron chi connectivity index (χ0n) is 17.0. The molecule has 1 saturated heterocycles. The molecular weight excluding hydrogens is 484 g/mol. The molecule has 33 heavy (non-hydrogen) atoms. The third-order valence-corrected chi connectivity index (χ3v) is 6.31. The zero-order valence-corrected chi connectivity index (χ0v) is 19.4. The second kappa shape index (κ2) is 9.22. The summed E-state index contributed by atoms with van der Waals surface area (Å²) >= 11 is 12.4. The molecule has 0 unspecified atom stereocenters. The monoisotopic (exact) mass is 498 g/mol. The van der Waals surface area contributed by atoms with Gasteiger partial charge in [0.25, 0.3) is 11.8 Å². The zero-order chi connectivity index (χ0) is 23.7. The van der Waals surface area contributed by atoms with Gasteiger partial charge >= 0.3 is 5.97 Å². The van der Waals surface area contributed by atoms with Crippen LogP contribution in [0.1, 0.15) is 32.0 Å². The average molecular weight is 499 g/mol. The molecule has 7 nitrogen and oxygen atoms in total. The van der Waals surface area contributed by atoms with Crippen LogP contribution in [0.15, 0.2) is 63.9 Å². The third kappa shape index (κ3) is 4.70. The summed E-state index contributed by atoms with van der Waals surface area (Å²) in [6, 6.07) is 14.6. The molecule has 166 valence electrons. The predicted molar refractivity (Wildman–Crippen MR) is 130 cm³/mol. The van der Waals surface area contributed by atoms with E-state index in [0.29, 0.717) is 17.1 Å². The Labute approximate surface area is 203 Å². The number of carbonyl (C=O) groups is 3. The molecule has 2 N–H and O–H groups in total. The highest BCUT2D eigenvalue weighted by Gasteiger charge is 2.34. The van der Waals surface area contributed by atoms with E-state index >= 15 is 0 Å². The lowest BCUT2D eigenvalue weighted by Crippen LogP contribution is -2.44. The number of hydrogen-bond acceptors (Lipinski definition) is 6. The molecule has 0 saturated carbocycles. The summed E-state index contributed by atoms with van der Waals surface area (Å²) in [6.45, 7) is 1.85. The molecule has 0 spiro atoms. The Morgan fingerprint density at radius 1 is 1.15 bits per heavy atom. The highest BCUT2D eigenvalue weighted by molar-refractivity contribution is 8.26. The molecule has 1 aromatic heterocycles. The highest BCUT2D eigenvalue weighted by Crippen LogP contribution is 2.33. The summed E-state index contributed by atoms with van der Waals surface area (Å²) < 4.78 is 5.89. The van der Waals surface area contributed by atoms with E-state index < -0.39 is 17.8 Å². The third-order valence-electron chi connectivity index (χ3n) is 4.70. The van der Waals surface area contributed by atoms with Crippen LogP contribution < -0.4 is 5.43 Å². The Morgan fingerprint density at radius 3 is 2.64 bits per heavy atom. The van der Waals surface area contributed by atoms with Crippen molar-refractivity contribution < 1.29 is 23.9 Å². The van der Waals surface area contributed by atoms with Crippen molar-refractivity contribution in [3.8, 4) is 11.3 Å². The molecule has 1 aliphatic rings. The SMILES string of the molecule is Cc1ccc(C(=O)NN2C(=O)/C(=C/c3ccc(-c4ccccc4C(=O)O)o3)SC2=S)c(Cl)c1. The maximum Gasteiger partial charge on any atom is 0.336 e. The molecule has 1 aliphatic heterocycles. The van der Waals surface area contributed by atoms with Crippen molar-refractivity contribution in [2.24, 2.45) is 0 Å². The molecule has 2 aromatic carbocycles. The fourth-order valence-electron chi connectivity index (χ4n) is 3.12. The maximum absolute atomic E-state index is 12.8. The fraction of sp³-hybridized carbons (Fsp3) is 0.0435. The van der Waals surface area contributed by atoms with E-state index in [1.54, 1.807) is 48.5 Å². The number of carbonyl (C=O) groups excluding carboxylic acids is 2. The van der Waals surface area contributed by atoms with E-state index in [4.69, 9.17) is 28.2 Å². The van der Waals surface area contributed by atoms with Crippen LogP contribution in [0, 0.1) is 6.92 Å². The number of halogens is 1. The van der Waals surface area contributed by atoms with Gasteiger partial charge < -0.3 is 9.52 Å². The van der Waals surface area contributed by atoms with Crippen LogP contribution in [0.2, 0.25) is 5.02 Å². The number of benzene rings is 2. The first kappa shape index (κ1) is 22.8. The van der Waals surface area contributed by atoms with Crippen molar-refractivity contribution >= 4 is 63.8 Å². The van der Waals surface area contributed by atoms with Crippen LogP contribution in [-0.4, -0.2) is 32.2 Å². The molecule has 3 aromatic rings. The van der Waals surface area contributed by atoms with E-state index in [1.165, 1.54) is 12.1 Å². The number of hydrazine groups is 1. The van der Waals surface area contributed by atoms with Crippen molar-refractivity contribution in [2.45, 2.75) is 6.92 Å². The van der Waals surface area contributed by atoms with Crippen molar-refractivity contribution in [1.29, 1.82) is 0 Å². The molecule has 2 amide bonds. The number of aryl methyl sites for hydroxylation is 1. The molecule has 0 bridgehead atoms. The molecule has 0 radical (unpaired) electrons. The van der Waals surface area contributed by atoms with Gasteiger partial charge in [-0.25, -0.2) is 4.79 Å². The molecule has 1 fully saturated rings. The maximum atomic E-state index is 12.8. The normalized spacial score (nSPS) is 14.7. The van der Waals surface area contributed by atoms with E-state index in [1.807, 2.05) is 6.92 Å². The number of thiocarbonyl (C=S) groups is 1. The van der Waals surface area contributed by atoms with E-state index in [9.17, 15) is 19.5 Å². The first-order chi connectivity index (χ1) is 15.7. The van der Waals surface area contributed by atoms with Crippen LogP contribution in [0.5, 0.6) is 0 Å². The smallest absolute Gasteiger partial charge is 0.336 e. The van der Waals surface area contributed by atoms with Gasteiger partial charge in [0.05, 0.1) is 21.1 Å². The predicted octanol–water partition coefficient (Wildman–Crippen LogP) is 5.15. The number of carboxylic acid groups (broad SMARTS) is 1. The summed E-state index contributed by atoms with van der Waals surface area (Å²) in [7, 11) is 0. The lowest BCUT2D eigenvalue weighted by molar-refractivity contribution is -0.123. The molecule has 10 heteroatoms. The van der Waals surface area contributed by atoms with Gasteiger partial charge in [0.15, 0.2) is 4.32 Å². The second-order valence-corrected chi connectivity index (χ2v) is 9.08. The lowest BCUT2D eigenvalue weighted by atomic mass is 10.1. The standard InChI is InChI=1S/C23H15ClN2O5S2/c1-12-6-8-16(17(24)10-12)20(27)25-26-21(28)19(33-23(26)32)11-13-7-9-18(31-13)14-4-2-3-5-15(14)22(29)30/h2-11H,1H3,(H,25,27)(H,29,30)/b19-11-. The van der Waals surface area contributed by atoms with Crippen molar-refractivity contribution in [3.05, 3.63) is 87.0 Å². The van der Waals surface area contributed by atoms with Gasteiger partial charge in [0, 0.05) is 11.6 Å². The fourth-order valence-corrected chi connectivity index (χ4v) is 4.60. The van der Waals surface area contributed by atoms with Crippen LogP contribution in [-0.2, 0) is 4.79 Å². The number of furan rings is 1. The van der Waals surface area contributed by atoms with Crippen LogP contribution in [0.25, 0.3) is 17.4 Å². The minimum Gasteiger partial charge on any atom is -0.478 e. The summed E-state index contributed by atoms with van der Waals surface area (Å²) in [5.74, 6) is -1.49. The van der Waals surface area contributed by atoms with Crippen molar-refractivity contribution in [1.82, 2.24) is 10.4 Å². The number of hydrogen-bond donors (Lipinski definition) is 2. The largest absolute Gasteiger partial charge is 0.478 e. The Morgan fingerprint density at radius 2 is 1.91 bits per heavy atom. The van der Waals surface area contributed by atoms with Gasteiger partial charge in [0.1, 0.15) is 11.5 Å². The number of nitrogens with zero attached hydrogens (tertiary/aromatic N) is 1. The Balaban J connectivity index is 1.54. The van der Waals surface area contributed by atoms with Crippen LogP contribution >= 0.6 is 35.6 Å². The number of amides is 2. The Bertz CT molecular complexity index is 1350. The lowest BCUT2D eigenvalue weighted by Gasteiger charge is -2.16. The average Bonchev–Trinajstić information content (AvgIpc) is 3.34. The summed E-state index contributed by atoms with van der Waals surface area (Å²) in [5, 5.41) is 10.6. The van der Waals surface area contributed by atoms with Gasteiger partial charge in [-0.05, 0) is 55.0 Å². The molecule has 0 aliphatic carbocycles. The van der Waals surface area contributed by atoms with Gasteiger partial charge in [-0.1, -0.05) is 47.6 Å². The van der Waals surface area contributed by atoms with Gasteiger partial charge in [-0.3, -0.25) is 15.0 Å². The number of carboxylic acids is 1.